The lowest BCUT2D eigenvalue weighted by Gasteiger charge is -2.27. The number of allylic oxidation sites excluding steroid dienone is 2. The van der Waals surface area contributed by atoms with Crippen LogP contribution < -0.4 is 4.74 Å². The monoisotopic (exact) mass is 502 g/mol. The molecule has 37 heavy (non-hydrogen) atoms. The van der Waals surface area contributed by atoms with E-state index in [-0.39, 0.29) is 11.3 Å². The number of hydrogen-bond donors (Lipinski definition) is 0. The third-order valence-electron chi connectivity index (χ3n) is 7.83. The average molecular weight is 503 g/mol. The van der Waals surface area contributed by atoms with Crippen LogP contribution in [0.25, 0.3) is 11.1 Å². The summed E-state index contributed by atoms with van der Waals surface area (Å²) >= 11 is 0. The second-order valence-corrected chi connectivity index (χ2v) is 10.4. The van der Waals surface area contributed by atoms with Gasteiger partial charge in [-0.25, -0.2) is 4.39 Å². The van der Waals surface area contributed by atoms with Crippen LogP contribution in [0.5, 0.6) is 5.75 Å². The van der Waals surface area contributed by atoms with Crippen molar-refractivity contribution in [2.24, 2.45) is 5.92 Å². The molecule has 0 radical (unpaired) electrons. The molecule has 0 aliphatic heterocycles. The van der Waals surface area contributed by atoms with Crippen LogP contribution in [0.2, 0.25) is 0 Å². The number of hydrogen-bond acceptors (Lipinski definition) is 1. The van der Waals surface area contributed by atoms with E-state index in [2.05, 4.69) is 55.5 Å². The van der Waals surface area contributed by atoms with Crippen molar-refractivity contribution in [2.75, 3.05) is 7.11 Å². The maximum atomic E-state index is 14.5. The van der Waals surface area contributed by atoms with Crippen molar-refractivity contribution in [1.29, 1.82) is 0 Å². The normalized spacial score (nSPS) is 17.8. The van der Waals surface area contributed by atoms with E-state index < -0.39 is 11.6 Å². The minimum Gasteiger partial charge on any atom is -0.494 e. The number of benzene rings is 3. The van der Waals surface area contributed by atoms with Crippen LogP contribution in [0.4, 0.5) is 8.78 Å². The Morgan fingerprint density at radius 1 is 0.784 bits per heavy atom. The fourth-order valence-corrected chi connectivity index (χ4v) is 5.48. The third-order valence-corrected chi connectivity index (χ3v) is 7.83. The molecule has 3 aromatic carbocycles. The molecule has 0 amide bonds. The second-order valence-electron chi connectivity index (χ2n) is 10.4. The highest BCUT2D eigenvalue weighted by Crippen LogP contribution is 2.37. The van der Waals surface area contributed by atoms with Crippen molar-refractivity contribution in [3.05, 3.63) is 101 Å². The van der Waals surface area contributed by atoms with Crippen LogP contribution in [0, 0.1) is 17.6 Å². The molecule has 0 heterocycles. The first-order valence-corrected chi connectivity index (χ1v) is 14.0. The molecular formula is C34H40F2O. The van der Waals surface area contributed by atoms with Crippen LogP contribution in [0.1, 0.15) is 80.9 Å². The summed E-state index contributed by atoms with van der Waals surface area (Å²) in [6.45, 7) is 2.25. The summed E-state index contributed by atoms with van der Waals surface area (Å²) in [5, 5.41) is 0. The van der Waals surface area contributed by atoms with Gasteiger partial charge in [-0.3, -0.25) is 0 Å². The molecule has 4 rings (SSSR count). The zero-order valence-electron chi connectivity index (χ0n) is 22.3. The maximum Gasteiger partial charge on any atom is 0.201 e. The lowest BCUT2D eigenvalue weighted by Crippen LogP contribution is -2.11. The van der Waals surface area contributed by atoms with Crippen LogP contribution in [0.3, 0.4) is 0 Å². The largest absolute Gasteiger partial charge is 0.494 e. The second kappa shape index (κ2) is 13.6. The van der Waals surface area contributed by atoms with Gasteiger partial charge in [-0.1, -0.05) is 80.4 Å². The van der Waals surface area contributed by atoms with E-state index in [4.69, 9.17) is 4.74 Å². The predicted octanol–water partition coefficient (Wildman–Crippen LogP) is 9.84. The number of halogens is 2. The lowest BCUT2D eigenvalue weighted by atomic mass is 9.78. The van der Waals surface area contributed by atoms with Crippen LogP contribution >= 0.6 is 0 Å². The molecule has 0 unspecified atom stereocenters. The van der Waals surface area contributed by atoms with Crippen molar-refractivity contribution < 1.29 is 13.5 Å². The van der Waals surface area contributed by atoms with Crippen LogP contribution in [0.15, 0.2) is 72.8 Å². The Morgan fingerprint density at radius 3 is 2.11 bits per heavy atom. The molecule has 3 aromatic rings. The van der Waals surface area contributed by atoms with Gasteiger partial charge in [-0.15, -0.1) is 0 Å². The average Bonchev–Trinajstić information content (AvgIpc) is 2.94. The lowest BCUT2D eigenvalue weighted by molar-refractivity contribution is 0.372. The standard InChI is InChI=1S/C34H40F2O/c1-3-4-5-8-25-11-13-26(14-12-25)9-6-7-10-27-15-17-28(18-16-27)29-19-21-30(22-20-29)31-23-24-32(37-2)34(36)33(31)35/h7,10-14,19-24,27-28H,3-6,8-9,15-18H2,1-2H3. The Hall–Kier alpha value is -2.94. The van der Waals surface area contributed by atoms with Crippen molar-refractivity contribution in [2.45, 2.75) is 77.0 Å². The number of ether oxygens (including phenoxy) is 1. The zero-order chi connectivity index (χ0) is 26.0. The third kappa shape index (κ3) is 7.31. The Balaban J connectivity index is 1.22. The summed E-state index contributed by atoms with van der Waals surface area (Å²) in [6, 6.07) is 20.2. The minimum atomic E-state index is -0.939. The van der Waals surface area contributed by atoms with Gasteiger partial charge in [-0.2, -0.15) is 4.39 Å². The molecular weight excluding hydrogens is 462 g/mol. The van der Waals surface area contributed by atoms with E-state index in [1.807, 2.05) is 12.1 Å². The maximum absolute atomic E-state index is 14.5. The first kappa shape index (κ1) is 27.1. The van der Waals surface area contributed by atoms with Gasteiger partial charge < -0.3 is 4.74 Å². The smallest absolute Gasteiger partial charge is 0.201 e. The summed E-state index contributed by atoms with van der Waals surface area (Å²) in [5.41, 5.74) is 5.13. The Labute approximate surface area is 221 Å². The van der Waals surface area contributed by atoms with Gasteiger partial charge in [-0.05, 0) is 97.6 Å². The highest BCUT2D eigenvalue weighted by atomic mass is 19.2. The fraction of sp³-hybridized carbons (Fsp3) is 0.412. The number of aryl methyl sites for hydroxylation is 2. The van der Waals surface area contributed by atoms with E-state index in [0.717, 1.165) is 12.8 Å². The minimum absolute atomic E-state index is 0.0736. The highest BCUT2D eigenvalue weighted by molar-refractivity contribution is 5.65. The van der Waals surface area contributed by atoms with Gasteiger partial charge in [0.25, 0.3) is 0 Å². The summed E-state index contributed by atoms with van der Waals surface area (Å²) < 4.78 is 33.4. The predicted molar refractivity (Wildman–Crippen MR) is 150 cm³/mol. The van der Waals surface area contributed by atoms with Crippen molar-refractivity contribution in [3.8, 4) is 16.9 Å². The van der Waals surface area contributed by atoms with Crippen LogP contribution in [-0.4, -0.2) is 7.11 Å². The van der Waals surface area contributed by atoms with Gasteiger partial charge in [0.2, 0.25) is 5.82 Å². The molecule has 0 N–H and O–H groups in total. The first-order valence-electron chi connectivity index (χ1n) is 14.0. The zero-order valence-corrected chi connectivity index (χ0v) is 22.3. The summed E-state index contributed by atoms with van der Waals surface area (Å²) in [7, 11) is 1.34. The Morgan fingerprint density at radius 2 is 1.46 bits per heavy atom. The van der Waals surface area contributed by atoms with Gasteiger partial charge in [0, 0.05) is 5.56 Å². The summed E-state index contributed by atoms with van der Waals surface area (Å²) in [5.74, 6) is -0.680. The van der Waals surface area contributed by atoms with Crippen LogP contribution in [-0.2, 0) is 12.8 Å². The van der Waals surface area contributed by atoms with Gasteiger partial charge in [0.15, 0.2) is 11.6 Å². The molecule has 1 saturated carbocycles. The van der Waals surface area contributed by atoms with E-state index in [1.165, 1.54) is 81.2 Å². The van der Waals surface area contributed by atoms with E-state index >= 15 is 0 Å². The molecule has 0 spiro atoms. The molecule has 1 nitrogen and oxygen atoms in total. The van der Waals surface area contributed by atoms with E-state index in [0.29, 0.717) is 17.4 Å². The molecule has 1 aliphatic rings. The van der Waals surface area contributed by atoms with Gasteiger partial charge in [0.1, 0.15) is 0 Å². The van der Waals surface area contributed by atoms with Crippen molar-refractivity contribution >= 4 is 0 Å². The summed E-state index contributed by atoms with van der Waals surface area (Å²) in [4.78, 5) is 0. The molecule has 1 aliphatic carbocycles. The number of methoxy groups -OCH3 is 1. The molecule has 1 fully saturated rings. The molecule has 0 bridgehead atoms. The first-order chi connectivity index (χ1) is 18.1. The SMILES string of the molecule is CCCCCc1ccc(CCC=CC2CCC(c3ccc(-c4ccc(OC)c(F)c4F)cc3)CC2)cc1. The van der Waals surface area contributed by atoms with Crippen molar-refractivity contribution in [1.82, 2.24) is 0 Å². The number of unbranched alkanes of at least 4 members (excludes halogenated alkanes) is 2. The molecule has 3 heteroatoms. The summed E-state index contributed by atoms with van der Waals surface area (Å²) in [6.07, 6.45) is 16.8. The fourth-order valence-electron chi connectivity index (χ4n) is 5.48. The van der Waals surface area contributed by atoms with Gasteiger partial charge >= 0.3 is 0 Å². The number of rotatable bonds is 11. The van der Waals surface area contributed by atoms with Gasteiger partial charge in [0.05, 0.1) is 7.11 Å². The van der Waals surface area contributed by atoms with Crippen molar-refractivity contribution in [3.63, 3.8) is 0 Å². The van der Waals surface area contributed by atoms with E-state index in [1.54, 1.807) is 6.07 Å². The topological polar surface area (TPSA) is 9.23 Å². The quantitative estimate of drug-likeness (QED) is 0.187. The highest BCUT2D eigenvalue weighted by Gasteiger charge is 2.21. The molecule has 196 valence electrons. The molecule has 0 aromatic heterocycles. The Bertz CT molecular complexity index is 1140. The molecule has 0 atom stereocenters. The Kier molecular flexibility index (Phi) is 9.93. The van der Waals surface area contributed by atoms with E-state index in [9.17, 15) is 8.78 Å². The molecule has 0 saturated heterocycles.